The maximum Gasteiger partial charge on any atom is 0.296 e. The van der Waals surface area contributed by atoms with Crippen molar-refractivity contribution in [2.75, 3.05) is 5.73 Å². The van der Waals surface area contributed by atoms with Crippen LogP contribution in [0.3, 0.4) is 0 Å². The maximum atomic E-state index is 10.6. The topological polar surface area (TPSA) is 89.4 Å². The molecule has 2 rings (SSSR count). The highest BCUT2D eigenvalue weighted by Gasteiger charge is 2.16. The van der Waals surface area contributed by atoms with E-state index in [2.05, 4.69) is 0 Å². The van der Waals surface area contributed by atoms with Crippen molar-refractivity contribution in [2.45, 2.75) is 0 Å². The van der Waals surface area contributed by atoms with Crippen molar-refractivity contribution in [3.63, 3.8) is 0 Å². The van der Waals surface area contributed by atoms with E-state index in [-0.39, 0.29) is 17.1 Å². The van der Waals surface area contributed by atoms with Crippen molar-refractivity contribution in [1.29, 1.82) is 0 Å². The molecule has 76 valence electrons. The molecule has 0 unspecified atom stereocenters. The number of rotatable bonds is 1. The second kappa shape index (κ2) is 3.13. The summed E-state index contributed by atoms with van der Waals surface area (Å²) in [6.45, 7) is 0. The number of nitrogens with zero attached hydrogens (tertiary/aromatic N) is 1. The molecule has 0 fully saturated rings. The highest BCUT2D eigenvalue weighted by Crippen LogP contribution is 2.36. The Bertz CT molecular complexity index is 552. The monoisotopic (exact) mass is 204 g/mol. The lowest BCUT2D eigenvalue weighted by Gasteiger charge is -2.04. The fraction of sp³-hybridized carbons (Fsp3) is 0. The maximum absolute atomic E-state index is 10.6. The Morgan fingerprint density at radius 1 is 1.27 bits per heavy atom. The van der Waals surface area contributed by atoms with E-state index >= 15 is 0 Å². The third-order valence-corrected chi connectivity index (χ3v) is 2.24. The zero-order valence-corrected chi connectivity index (χ0v) is 7.68. The van der Waals surface area contributed by atoms with Gasteiger partial charge in [-0.05, 0) is 0 Å². The van der Waals surface area contributed by atoms with Gasteiger partial charge in [0.05, 0.1) is 11.0 Å². The van der Waals surface area contributed by atoms with Gasteiger partial charge < -0.3 is 10.8 Å². The van der Waals surface area contributed by atoms with Crippen molar-refractivity contribution in [2.24, 2.45) is 0 Å². The molecule has 5 nitrogen and oxygen atoms in total. The van der Waals surface area contributed by atoms with Gasteiger partial charge in [0.2, 0.25) is 0 Å². The molecule has 15 heavy (non-hydrogen) atoms. The van der Waals surface area contributed by atoms with Crippen molar-refractivity contribution in [1.82, 2.24) is 0 Å². The predicted molar refractivity (Wildman–Crippen MR) is 56.7 cm³/mol. The van der Waals surface area contributed by atoms with Gasteiger partial charge in [0, 0.05) is 10.8 Å². The standard InChI is InChI=1S/C10H8N2O3/c11-10-7-4-2-1-3-6(7)9(13)5-8(10)12(14)15/h1-5,13H,11H2. The summed E-state index contributed by atoms with van der Waals surface area (Å²) in [7, 11) is 0. The van der Waals surface area contributed by atoms with Crippen LogP contribution in [0.5, 0.6) is 5.75 Å². The van der Waals surface area contributed by atoms with Gasteiger partial charge in [-0.25, -0.2) is 0 Å². The van der Waals surface area contributed by atoms with Crippen LogP contribution in [0.1, 0.15) is 0 Å². The van der Waals surface area contributed by atoms with E-state index in [0.717, 1.165) is 6.07 Å². The number of hydrogen-bond donors (Lipinski definition) is 2. The fourth-order valence-corrected chi connectivity index (χ4v) is 1.52. The number of nitrogens with two attached hydrogens (primary N) is 1. The van der Waals surface area contributed by atoms with E-state index in [1.54, 1.807) is 24.3 Å². The van der Waals surface area contributed by atoms with E-state index < -0.39 is 4.92 Å². The fourth-order valence-electron chi connectivity index (χ4n) is 1.52. The molecule has 2 aromatic rings. The van der Waals surface area contributed by atoms with Crippen LogP contribution < -0.4 is 5.73 Å². The minimum atomic E-state index is -0.610. The van der Waals surface area contributed by atoms with Gasteiger partial charge in [-0.15, -0.1) is 0 Å². The number of nitrogen functional groups attached to an aromatic ring is 1. The molecule has 0 radical (unpaired) electrons. The van der Waals surface area contributed by atoms with E-state index in [9.17, 15) is 15.2 Å². The summed E-state index contributed by atoms with van der Waals surface area (Å²) in [5, 5.41) is 21.2. The minimum Gasteiger partial charge on any atom is -0.507 e. The largest absolute Gasteiger partial charge is 0.507 e. The molecule has 0 spiro atoms. The quantitative estimate of drug-likeness (QED) is 0.322. The lowest BCUT2D eigenvalue weighted by atomic mass is 10.1. The van der Waals surface area contributed by atoms with Crippen LogP contribution in [-0.4, -0.2) is 10.0 Å². The number of fused-ring (bicyclic) bond motifs is 1. The Hall–Kier alpha value is -2.30. The molecule has 0 saturated carbocycles. The smallest absolute Gasteiger partial charge is 0.296 e. The van der Waals surface area contributed by atoms with Gasteiger partial charge in [-0.2, -0.15) is 0 Å². The Kier molecular flexibility index (Phi) is 1.93. The first kappa shape index (κ1) is 9.26. The molecule has 2 aromatic carbocycles. The summed E-state index contributed by atoms with van der Waals surface area (Å²) >= 11 is 0. The summed E-state index contributed by atoms with van der Waals surface area (Å²) in [5.74, 6) is -0.133. The first-order valence-electron chi connectivity index (χ1n) is 4.26. The molecule has 0 aromatic heterocycles. The summed E-state index contributed by atoms with van der Waals surface area (Å²) < 4.78 is 0. The molecule has 0 bridgehead atoms. The molecular formula is C10H8N2O3. The number of nitro groups is 1. The molecule has 3 N–H and O–H groups in total. The molecule has 0 aliphatic heterocycles. The van der Waals surface area contributed by atoms with Crippen LogP contribution in [-0.2, 0) is 0 Å². The molecule has 0 atom stereocenters. The first-order chi connectivity index (χ1) is 7.11. The highest BCUT2D eigenvalue weighted by molar-refractivity contribution is 6.00. The van der Waals surface area contributed by atoms with E-state index in [4.69, 9.17) is 5.73 Å². The average molecular weight is 204 g/mol. The Morgan fingerprint density at radius 3 is 2.47 bits per heavy atom. The minimum absolute atomic E-state index is 0.0772. The SMILES string of the molecule is Nc1c([N+](=O)[O-])cc(O)c2ccccc12. The Labute approximate surface area is 84.9 Å². The molecule has 0 heterocycles. The van der Waals surface area contributed by atoms with Gasteiger partial charge in [0.15, 0.2) is 0 Å². The van der Waals surface area contributed by atoms with Crippen molar-refractivity contribution >= 4 is 22.1 Å². The van der Waals surface area contributed by atoms with E-state index in [1.165, 1.54) is 0 Å². The van der Waals surface area contributed by atoms with E-state index in [0.29, 0.717) is 10.8 Å². The van der Waals surface area contributed by atoms with Crippen LogP contribution in [0, 0.1) is 10.1 Å². The normalized spacial score (nSPS) is 10.4. The van der Waals surface area contributed by atoms with Crippen molar-refractivity contribution < 1.29 is 10.0 Å². The summed E-state index contributed by atoms with van der Waals surface area (Å²) in [4.78, 5) is 10.0. The number of anilines is 1. The van der Waals surface area contributed by atoms with Gasteiger partial charge >= 0.3 is 0 Å². The Morgan fingerprint density at radius 2 is 1.87 bits per heavy atom. The number of benzene rings is 2. The zero-order chi connectivity index (χ0) is 11.0. The molecule has 0 aliphatic rings. The molecule has 0 saturated heterocycles. The van der Waals surface area contributed by atoms with Gasteiger partial charge in [-0.1, -0.05) is 24.3 Å². The van der Waals surface area contributed by atoms with Crippen LogP contribution >= 0.6 is 0 Å². The number of phenolic OH excluding ortho intramolecular Hbond substituents is 1. The number of hydrogen-bond acceptors (Lipinski definition) is 4. The van der Waals surface area contributed by atoms with E-state index in [1.807, 2.05) is 0 Å². The lowest BCUT2D eigenvalue weighted by molar-refractivity contribution is -0.383. The summed E-state index contributed by atoms with van der Waals surface area (Å²) in [6.07, 6.45) is 0. The number of aromatic hydroxyl groups is 1. The number of phenols is 1. The zero-order valence-electron chi connectivity index (χ0n) is 7.68. The first-order valence-corrected chi connectivity index (χ1v) is 4.26. The molecule has 5 heteroatoms. The highest BCUT2D eigenvalue weighted by atomic mass is 16.6. The lowest BCUT2D eigenvalue weighted by Crippen LogP contribution is -1.96. The number of nitro benzene ring substituents is 1. The molecule has 0 amide bonds. The van der Waals surface area contributed by atoms with Crippen molar-refractivity contribution in [3.8, 4) is 5.75 Å². The van der Waals surface area contributed by atoms with Gasteiger partial charge in [-0.3, -0.25) is 10.1 Å². The van der Waals surface area contributed by atoms with Crippen LogP contribution in [0.2, 0.25) is 0 Å². The Balaban J connectivity index is 2.90. The van der Waals surface area contributed by atoms with Gasteiger partial charge in [0.25, 0.3) is 5.69 Å². The van der Waals surface area contributed by atoms with Crippen LogP contribution in [0.25, 0.3) is 10.8 Å². The predicted octanol–water partition coefficient (Wildman–Crippen LogP) is 2.04. The third-order valence-electron chi connectivity index (χ3n) is 2.24. The van der Waals surface area contributed by atoms with Crippen LogP contribution in [0.15, 0.2) is 30.3 Å². The van der Waals surface area contributed by atoms with Gasteiger partial charge in [0.1, 0.15) is 11.4 Å². The summed E-state index contributed by atoms with van der Waals surface area (Å²) in [6, 6.07) is 7.80. The second-order valence-corrected chi connectivity index (χ2v) is 3.13. The average Bonchev–Trinajstić information content (AvgIpc) is 2.23. The molecule has 0 aliphatic carbocycles. The molecular weight excluding hydrogens is 196 g/mol. The summed E-state index contributed by atoms with van der Waals surface area (Å²) in [5.41, 5.74) is 5.44. The van der Waals surface area contributed by atoms with Crippen molar-refractivity contribution in [3.05, 3.63) is 40.4 Å². The second-order valence-electron chi connectivity index (χ2n) is 3.13. The van der Waals surface area contributed by atoms with Crippen LogP contribution in [0.4, 0.5) is 11.4 Å². The third kappa shape index (κ3) is 1.34.